The predicted molar refractivity (Wildman–Crippen MR) is 82.9 cm³/mol. The molecule has 0 radical (unpaired) electrons. The summed E-state index contributed by atoms with van der Waals surface area (Å²) in [5, 5.41) is 4.16. The first-order valence-electron chi connectivity index (χ1n) is 6.72. The minimum absolute atomic E-state index is 0.0967. The lowest BCUT2D eigenvalue weighted by atomic mass is 10.1. The van der Waals surface area contributed by atoms with E-state index in [0.29, 0.717) is 6.42 Å². The fourth-order valence-electron chi connectivity index (χ4n) is 1.76. The molecule has 0 atom stereocenters. The maximum atomic E-state index is 5.97. The van der Waals surface area contributed by atoms with E-state index in [1.54, 1.807) is 0 Å². The van der Waals surface area contributed by atoms with Crippen LogP contribution in [0, 0.1) is 0 Å². The van der Waals surface area contributed by atoms with Gasteiger partial charge in [0.2, 0.25) is 0 Å². The summed E-state index contributed by atoms with van der Waals surface area (Å²) < 4.78 is 0. The Kier molecular flexibility index (Phi) is 4.73. The fraction of sp³-hybridized carbons (Fsp3) is 0.375. The Balaban J connectivity index is 1.98. The number of aromatic nitrogens is 2. The third-order valence-corrected chi connectivity index (χ3v) is 3.07. The molecule has 4 heteroatoms. The van der Waals surface area contributed by atoms with E-state index in [0.717, 1.165) is 28.5 Å². The average molecular weight is 290 g/mol. The molecule has 1 aromatic carbocycles. The van der Waals surface area contributed by atoms with Crippen molar-refractivity contribution in [3.63, 3.8) is 0 Å². The van der Waals surface area contributed by atoms with Gasteiger partial charge in [-0.05, 0) is 38.5 Å². The molecule has 0 saturated heterocycles. The first-order chi connectivity index (χ1) is 9.42. The number of hydrogen-bond acceptors (Lipinski definition) is 3. The van der Waals surface area contributed by atoms with Crippen LogP contribution in [-0.4, -0.2) is 15.5 Å². The lowest BCUT2D eigenvalue weighted by Crippen LogP contribution is -2.35. The van der Waals surface area contributed by atoms with Crippen molar-refractivity contribution in [2.45, 2.75) is 39.3 Å². The van der Waals surface area contributed by atoms with Crippen LogP contribution in [0.4, 0.5) is 0 Å². The Bertz CT molecular complexity index is 559. The van der Waals surface area contributed by atoms with Crippen LogP contribution in [0.3, 0.4) is 0 Å². The Morgan fingerprint density at radius 1 is 1.10 bits per heavy atom. The zero-order valence-corrected chi connectivity index (χ0v) is 12.9. The fourth-order valence-corrected chi connectivity index (χ4v) is 1.97. The summed E-state index contributed by atoms with van der Waals surface area (Å²) in [6.07, 6.45) is 4.46. The Labute approximate surface area is 125 Å². The number of rotatable bonds is 4. The molecule has 0 bridgehead atoms. The molecule has 2 rings (SSSR count). The Morgan fingerprint density at radius 3 is 2.40 bits per heavy atom. The van der Waals surface area contributed by atoms with E-state index in [9.17, 15) is 0 Å². The molecule has 1 heterocycles. The highest BCUT2D eigenvalue weighted by Gasteiger charge is 2.08. The molecule has 106 valence electrons. The molecule has 0 spiro atoms. The number of hydrogen-bond donors (Lipinski definition) is 1. The average Bonchev–Trinajstić information content (AvgIpc) is 2.37. The first-order valence-corrected chi connectivity index (χ1v) is 7.09. The van der Waals surface area contributed by atoms with Crippen molar-refractivity contribution in [1.29, 1.82) is 0 Å². The van der Waals surface area contributed by atoms with Crippen LogP contribution in [0.15, 0.2) is 36.7 Å². The topological polar surface area (TPSA) is 37.8 Å². The van der Waals surface area contributed by atoms with Crippen molar-refractivity contribution in [2.24, 2.45) is 0 Å². The van der Waals surface area contributed by atoms with E-state index in [1.165, 1.54) is 0 Å². The van der Waals surface area contributed by atoms with Crippen LogP contribution in [0.1, 0.15) is 37.7 Å². The van der Waals surface area contributed by atoms with Crippen LogP contribution in [0.5, 0.6) is 0 Å². The zero-order valence-electron chi connectivity index (χ0n) is 12.2. The van der Waals surface area contributed by atoms with Gasteiger partial charge in [-0.2, -0.15) is 0 Å². The van der Waals surface area contributed by atoms with Crippen LogP contribution < -0.4 is 5.32 Å². The lowest BCUT2D eigenvalue weighted by molar-refractivity contribution is 0.423. The number of nitrogens with zero attached hydrogens (tertiary/aromatic N) is 2. The minimum atomic E-state index is 0.0967. The van der Waals surface area contributed by atoms with E-state index in [2.05, 4.69) is 36.1 Å². The van der Waals surface area contributed by atoms with Gasteiger partial charge in [0.1, 0.15) is 5.82 Å². The summed E-state index contributed by atoms with van der Waals surface area (Å²) in [6.45, 7) is 7.20. The molecule has 1 N–H and O–H groups in total. The van der Waals surface area contributed by atoms with Gasteiger partial charge in [0.15, 0.2) is 0 Å². The Hall–Kier alpha value is -1.45. The first kappa shape index (κ1) is 14.9. The molecule has 0 aliphatic rings. The van der Waals surface area contributed by atoms with Gasteiger partial charge < -0.3 is 5.32 Å². The zero-order chi connectivity index (χ0) is 14.6. The molecule has 0 aliphatic heterocycles. The maximum Gasteiger partial charge on any atom is 0.132 e. The van der Waals surface area contributed by atoms with Crippen LogP contribution in [0.2, 0.25) is 5.02 Å². The van der Waals surface area contributed by atoms with Crippen molar-refractivity contribution in [1.82, 2.24) is 15.3 Å². The van der Waals surface area contributed by atoms with Crippen LogP contribution in [0.25, 0.3) is 0 Å². The van der Waals surface area contributed by atoms with Crippen molar-refractivity contribution < 1.29 is 0 Å². The van der Waals surface area contributed by atoms with Gasteiger partial charge in [0.05, 0.1) is 0 Å². The van der Waals surface area contributed by atoms with Gasteiger partial charge in [0, 0.05) is 41.5 Å². The standard InChI is InChI=1S/C16H20ClN3/c1-16(2,3)20-11-13-9-18-15(19-10-13)8-12-5-4-6-14(17)7-12/h4-7,9-10,20H,8,11H2,1-3H3. The van der Waals surface area contributed by atoms with Gasteiger partial charge in [-0.25, -0.2) is 9.97 Å². The summed E-state index contributed by atoms with van der Waals surface area (Å²) in [7, 11) is 0. The third-order valence-electron chi connectivity index (χ3n) is 2.83. The second-order valence-electron chi connectivity index (χ2n) is 5.92. The lowest BCUT2D eigenvalue weighted by Gasteiger charge is -2.20. The summed E-state index contributed by atoms with van der Waals surface area (Å²) in [6, 6.07) is 7.79. The van der Waals surface area contributed by atoms with Gasteiger partial charge in [-0.1, -0.05) is 23.7 Å². The van der Waals surface area contributed by atoms with Crippen LogP contribution in [-0.2, 0) is 13.0 Å². The van der Waals surface area contributed by atoms with Crippen molar-refractivity contribution in [3.05, 3.63) is 58.6 Å². The summed E-state index contributed by atoms with van der Waals surface area (Å²) in [4.78, 5) is 8.82. The van der Waals surface area contributed by atoms with Gasteiger partial charge in [-0.3, -0.25) is 0 Å². The second-order valence-corrected chi connectivity index (χ2v) is 6.35. The molecule has 0 aliphatic carbocycles. The van der Waals surface area contributed by atoms with Crippen molar-refractivity contribution in [2.75, 3.05) is 0 Å². The molecule has 2 aromatic rings. The summed E-state index contributed by atoms with van der Waals surface area (Å²) in [5.41, 5.74) is 2.31. The largest absolute Gasteiger partial charge is 0.308 e. The maximum absolute atomic E-state index is 5.97. The smallest absolute Gasteiger partial charge is 0.132 e. The summed E-state index contributed by atoms with van der Waals surface area (Å²) >= 11 is 5.97. The van der Waals surface area contributed by atoms with E-state index in [4.69, 9.17) is 11.6 Å². The molecule has 0 fully saturated rings. The number of nitrogens with one attached hydrogen (secondary N) is 1. The van der Waals surface area contributed by atoms with Gasteiger partial charge >= 0.3 is 0 Å². The number of benzene rings is 1. The quantitative estimate of drug-likeness (QED) is 0.934. The van der Waals surface area contributed by atoms with Gasteiger partial charge in [0.25, 0.3) is 0 Å². The van der Waals surface area contributed by atoms with Crippen molar-refractivity contribution >= 4 is 11.6 Å². The molecular weight excluding hydrogens is 270 g/mol. The predicted octanol–water partition coefficient (Wildman–Crippen LogP) is 3.61. The van der Waals surface area contributed by atoms with Crippen molar-refractivity contribution in [3.8, 4) is 0 Å². The monoisotopic (exact) mass is 289 g/mol. The third kappa shape index (κ3) is 4.91. The highest BCUT2D eigenvalue weighted by atomic mass is 35.5. The van der Waals surface area contributed by atoms with Crippen LogP contribution >= 0.6 is 11.6 Å². The summed E-state index contributed by atoms with van der Waals surface area (Å²) in [5.74, 6) is 0.812. The minimum Gasteiger partial charge on any atom is -0.308 e. The second kappa shape index (κ2) is 6.33. The molecule has 20 heavy (non-hydrogen) atoms. The normalized spacial score (nSPS) is 11.6. The molecular formula is C16H20ClN3. The molecule has 0 saturated carbocycles. The molecule has 0 unspecified atom stereocenters. The number of halogens is 1. The SMILES string of the molecule is CC(C)(C)NCc1cnc(Cc2cccc(Cl)c2)nc1. The molecule has 1 aromatic heterocycles. The van der Waals surface area contributed by atoms with E-state index >= 15 is 0 Å². The molecule has 3 nitrogen and oxygen atoms in total. The van der Waals surface area contributed by atoms with E-state index in [-0.39, 0.29) is 5.54 Å². The van der Waals surface area contributed by atoms with E-state index in [1.807, 2.05) is 36.7 Å². The Morgan fingerprint density at radius 2 is 1.80 bits per heavy atom. The highest BCUT2D eigenvalue weighted by Crippen LogP contribution is 2.13. The van der Waals surface area contributed by atoms with Gasteiger partial charge in [-0.15, -0.1) is 0 Å². The highest BCUT2D eigenvalue weighted by molar-refractivity contribution is 6.30. The molecule has 0 amide bonds. The van der Waals surface area contributed by atoms with E-state index < -0.39 is 0 Å².